The molecular weight excluding hydrogens is 322 g/mol. The Labute approximate surface area is 147 Å². The second-order valence-electron chi connectivity index (χ2n) is 6.43. The van der Waals surface area contributed by atoms with E-state index >= 15 is 0 Å². The molecule has 7 heteroatoms. The van der Waals surface area contributed by atoms with Crippen molar-refractivity contribution in [3.63, 3.8) is 0 Å². The van der Waals surface area contributed by atoms with Crippen molar-refractivity contribution in [3.05, 3.63) is 17.7 Å². The SMILES string of the molecule is COc1cc(NC(=O)C2CCNC2)c(C(=O)N2CCCC2)cc1OC. The monoisotopic (exact) mass is 347 g/mol. The van der Waals surface area contributed by atoms with Crippen molar-refractivity contribution >= 4 is 17.5 Å². The predicted molar refractivity (Wildman–Crippen MR) is 94.3 cm³/mol. The minimum Gasteiger partial charge on any atom is -0.493 e. The highest BCUT2D eigenvalue weighted by atomic mass is 16.5. The molecular formula is C18H25N3O4. The molecule has 2 amide bonds. The molecule has 1 aromatic carbocycles. The van der Waals surface area contributed by atoms with E-state index in [1.54, 1.807) is 12.1 Å². The Hall–Kier alpha value is -2.28. The van der Waals surface area contributed by atoms with Gasteiger partial charge in [0.15, 0.2) is 11.5 Å². The van der Waals surface area contributed by atoms with Crippen LogP contribution >= 0.6 is 0 Å². The van der Waals surface area contributed by atoms with Crippen LogP contribution in [-0.4, -0.2) is 57.1 Å². The maximum atomic E-state index is 12.9. The Morgan fingerprint density at radius 1 is 1.16 bits per heavy atom. The molecule has 2 fully saturated rings. The maximum absolute atomic E-state index is 12.9. The molecule has 0 spiro atoms. The number of rotatable bonds is 5. The van der Waals surface area contributed by atoms with Crippen LogP contribution in [0.5, 0.6) is 11.5 Å². The normalized spacial score (nSPS) is 19.8. The van der Waals surface area contributed by atoms with Crippen molar-refractivity contribution in [2.45, 2.75) is 19.3 Å². The molecule has 0 radical (unpaired) electrons. The number of carbonyl (C=O) groups excluding carboxylic acids is 2. The third-order valence-corrected chi connectivity index (χ3v) is 4.84. The average molecular weight is 347 g/mol. The van der Waals surface area contributed by atoms with Gasteiger partial charge >= 0.3 is 0 Å². The molecule has 2 aliphatic heterocycles. The van der Waals surface area contributed by atoms with Gasteiger partial charge in [0.25, 0.3) is 5.91 Å². The smallest absolute Gasteiger partial charge is 0.256 e. The van der Waals surface area contributed by atoms with Gasteiger partial charge in [-0.15, -0.1) is 0 Å². The molecule has 0 saturated carbocycles. The first-order chi connectivity index (χ1) is 12.1. The minimum absolute atomic E-state index is 0.0762. The van der Waals surface area contributed by atoms with E-state index in [-0.39, 0.29) is 17.7 Å². The predicted octanol–water partition coefficient (Wildman–Crippen LogP) is 1.49. The summed E-state index contributed by atoms with van der Waals surface area (Å²) < 4.78 is 10.7. The van der Waals surface area contributed by atoms with Crippen LogP contribution in [0.2, 0.25) is 0 Å². The van der Waals surface area contributed by atoms with Crippen molar-refractivity contribution in [2.24, 2.45) is 5.92 Å². The highest BCUT2D eigenvalue weighted by Crippen LogP contribution is 2.34. The standard InChI is InChI=1S/C18H25N3O4/c1-24-15-9-13(18(23)21-7-3-4-8-21)14(10-16(15)25-2)20-17(22)12-5-6-19-11-12/h9-10,12,19H,3-8,11H2,1-2H3,(H,20,22). The third kappa shape index (κ3) is 3.71. The first-order valence-corrected chi connectivity index (χ1v) is 8.71. The lowest BCUT2D eigenvalue weighted by molar-refractivity contribution is -0.119. The molecule has 7 nitrogen and oxygen atoms in total. The van der Waals surface area contributed by atoms with Crippen molar-refractivity contribution in [1.82, 2.24) is 10.2 Å². The lowest BCUT2D eigenvalue weighted by Crippen LogP contribution is -2.30. The molecule has 2 N–H and O–H groups in total. The molecule has 136 valence electrons. The molecule has 25 heavy (non-hydrogen) atoms. The topological polar surface area (TPSA) is 79.9 Å². The van der Waals surface area contributed by atoms with Gasteiger partial charge in [-0.05, 0) is 31.9 Å². The first-order valence-electron chi connectivity index (χ1n) is 8.71. The Kier molecular flexibility index (Phi) is 5.43. The van der Waals surface area contributed by atoms with Crippen LogP contribution in [0.3, 0.4) is 0 Å². The zero-order valence-electron chi connectivity index (χ0n) is 14.8. The number of anilines is 1. The van der Waals surface area contributed by atoms with Crippen LogP contribution in [0.4, 0.5) is 5.69 Å². The van der Waals surface area contributed by atoms with E-state index in [2.05, 4.69) is 10.6 Å². The quantitative estimate of drug-likeness (QED) is 0.844. The highest BCUT2D eigenvalue weighted by molar-refractivity contribution is 6.05. The van der Waals surface area contributed by atoms with Gasteiger partial charge in [0.1, 0.15) is 0 Å². The van der Waals surface area contributed by atoms with Gasteiger partial charge < -0.3 is 25.0 Å². The van der Waals surface area contributed by atoms with Crippen molar-refractivity contribution in [3.8, 4) is 11.5 Å². The zero-order valence-corrected chi connectivity index (χ0v) is 14.8. The number of hydrogen-bond donors (Lipinski definition) is 2. The molecule has 1 aromatic rings. The third-order valence-electron chi connectivity index (χ3n) is 4.84. The molecule has 0 aromatic heterocycles. The van der Waals surface area contributed by atoms with Crippen LogP contribution in [0.1, 0.15) is 29.6 Å². The number of hydrogen-bond acceptors (Lipinski definition) is 5. The van der Waals surface area contributed by atoms with E-state index in [0.717, 1.165) is 38.9 Å². The summed E-state index contributed by atoms with van der Waals surface area (Å²) in [6.07, 6.45) is 2.82. The molecule has 3 rings (SSSR count). The number of nitrogens with zero attached hydrogens (tertiary/aromatic N) is 1. The molecule has 0 bridgehead atoms. The number of ether oxygens (including phenoxy) is 2. The summed E-state index contributed by atoms with van der Waals surface area (Å²) in [5.41, 5.74) is 0.922. The lowest BCUT2D eigenvalue weighted by Gasteiger charge is -2.20. The fourth-order valence-corrected chi connectivity index (χ4v) is 3.36. The number of benzene rings is 1. The Morgan fingerprint density at radius 3 is 2.44 bits per heavy atom. The summed E-state index contributed by atoms with van der Waals surface area (Å²) >= 11 is 0. The summed E-state index contributed by atoms with van der Waals surface area (Å²) in [6.45, 7) is 2.98. The van der Waals surface area contributed by atoms with Crippen LogP contribution in [-0.2, 0) is 4.79 Å². The van der Waals surface area contributed by atoms with E-state index in [1.807, 2.05) is 4.90 Å². The number of methoxy groups -OCH3 is 2. The Balaban J connectivity index is 1.92. The van der Waals surface area contributed by atoms with Gasteiger partial charge in [-0.25, -0.2) is 0 Å². The van der Waals surface area contributed by atoms with Crippen molar-refractivity contribution in [1.29, 1.82) is 0 Å². The number of carbonyl (C=O) groups is 2. The first kappa shape index (κ1) is 17.5. The second kappa shape index (κ2) is 7.74. The van der Waals surface area contributed by atoms with E-state index < -0.39 is 0 Å². The van der Waals surface area contributed by atoms with Gasteiger partial charge in [-0.1, -0.05) is 0 Å². The molecule has 2 aliphatic rings. The molecule has 1 unspecified atom stereocenters. The fourth-order valence-electron chi connectivity index (χ4n) is 3.36. The maximum Gasteiger partial charge on any atom is 0.256 e. The van der Waals surface area contributed by atoms with E-state index in [4.69, 9.17) is 9.47 Å². The zero-order chi connectivity index (χ0) is 17.8. The van der Waals surface area contributed by atoms with Crippen LogP contribution in [0.25, 0.3) is 0 Å². The fraction of sp³-hybridized carbons (Fsp3) is 0.556. The molecule has 2 saturated heterocycles. The molecule has 1 atom stereocenters. The number of likely N-dealkylation sites (tertiary alicyclic amines) is 1. The van der Waals surface area contributed by atoms with Crippen molar-refractivity contribution in [2.75, 3.05) is 45.7 Å². The summed E-state index contributed by atoms with van der Waals surface area (Å²) in [7, 11) is 3.07. The number of amides is 2. The Morgan fingerprint density at radius 2 is 1.84 bits per heavy atom. The van der Waals surface area contributed by atoms with Gasteiger partial charge in [0, 0.05) is 25.7 Å². The van der Waals surface area contributed by atoms with E-state index in [0.29, 0.717) is 29.3 Å². The van der Waals surface area contributed by atoms with Gasteiger partial charge in [0.05, 0.1) is 31.4 Å². The van der Waals surface area contributed by atoms with Gasteiger partial charge in [0.2, 0.25) is 5.91 Å². The molecule has 0 aliphatic carbocycles. The van der Waals surface area contributed by atoms with Crippen LogP contribution in [0.15, 0.2) is 12.1 Å². The largest absolute Gasteiger partial charge is 0.493 e. The number of nitrogens with one attached hydrogen (secondary N) is 2. The van der Waals surface area contributed by atoms with E-state index in [9.17, 15) is 9.59 Å². The Bertz CT molecular complexity index is 650. The van der Waals surface area contributed by atoms with Crippen LogP contribution < -0.4 is 20.1 Å². The summed E-state index contributed by atoms with van der Waals surface area (Å²) in [5.74, 6) is 0.722. The summed E-state index contributed by atoms with van der Waals surface area (Å²) in [5, 5.41) is 6.10. The average Bonchev–Trinajstić information content (AvgIpc) is 3.34. The second-order valence-corrected chi connectivity index (χ2v) is 6.43. The summed E-state index contributed by atoms with van der Waals surface area (Å²) in [6, 6.07) is 3.32. The summed E-state index contributed by atoms with van der Waals surface area (Å²) in [4.78, 5) is 27.2. The highest BCUT2D eigenvalue weighted by Gasteiger charge is 2.27. The van der Waals surface area contributed by atoms with Gasteiger partial charge in [-0.3, -0.25) is 9.59 Å². The molecule has 2 heterocycles. The van der Waals surface area contributed by atoms with Crippen molar-refractivity contribution < 1.29 is 19.1 Å². The lowest BCUT2D eigenvalue weighted by atomic mass is 10.1. The van der Waals surface area contributed by atoms with Crippen LogP contribution in [0, 0.1) is 5.92 Å². The van der Waals surface area contributed by atoms with E-state index in [1.165, 1.54) is 14.2 Å². The minimum atomic E-state index is -0.0849. The van der Waals surface area contributed by atoms with Gasteiger partial charge in [-0.2, -0.15) is 0 Å².